The van der Waals surface area contributed by atoms with Crippen molar-refractivity contribution in [2.24, 2.45) is 17.8 Å². The average molecular weight is 825 g/mol. The van der Waals surface area contributed by atoms with Crippen LogP contribution in [0.4, 0.5) is 4.79 Å². The maximum Gasteiger partial charge on any atom is 0.404 e. The minimum absolute atomic E-state index is 0.0398. The number of carboxylic acid groups (broad SMARTS) is 1. The number of nitrogens with zero attached hydrogens (tertiary/aromatic N) is 1. The summed E-state index contributed by atoms with van der Waals surface area (Å²) in [5.41, 5.74) is -0.772. The van der Waals surface area contributed by atoms with Crippen molar-refractivity contribution in [2.75, 3.05) is 13.6 Å². The predicted molar refractivity (Wildman–Crippen MR) is 221 cm³/mol. The van der Waals surface area contributed by atoms with E-state index in [9.17, 15) is 38.7 Å². The van der Waals surface area contributed by atoms with E-state index in [1.54, 1.807) is 41.5 Å². The molecular weight excluding hydrogens is 748 g/mol. The highest BCUT2D eigenvalue weighted by Gasteiger charge is 2.40. The second-order valence-electron chi connectivity index (χ2n) is 17.4. The van der Waals surface area contributed by atoms with E-state index < -0.39 is 108 Å². The smallest absolute Gasteiger partial charge is 0.404 e. The van der Waals surface area contributed by atoms with Crippen LogP contribution in [0.15, 0.2) is 0 Å². The summed E-state index contributed by atoms with van der Waals surface area (Å²) >= 11 is 0. The van der Waals surface area contributed by atoms with Crippen LogP contribution in [-0.2, 0) is 38.2 Å². The highest BCUT2D eigenvalue weighted by atomic mass is 16.5. The Hall–Kier alpha value is -3.95. The van der Waals surface area contributed by atoms with Gasteiger partial charge in [-0.1, -0.05) is 92.9 Å². The van der Waals surface area contributed by atoms with Crippen molar-refractivity contribution in [1.82, 2.24) is 31.5 Å². The first kappa shape index (κ1) is 52.1. The molecule has 1 aliphatic heterocycles. The molecule has 6 N–H and O–H groups in total. The third-order valence-electron chi connectivity index (χ3n) is 10.6. The van der Waals surface area contributed by atoms with Crippen LogP contribution in [0.5, 0.6) is 0 Å². The zero-order valence-electron chi connectivity index (χ0n) is 37.3. The van der Waals surface area contributed by atoms with Gasteiger partial charge in [-0.15, -0.1) is 0 Å². The molecule has 0 bridgehead atoms. The van der Waals surface area contributed by atoms with Crippen LogP contribution >= 0.6 is 0 Å². The van der Waals surface area contributed by atoms with Crippen molar-refractivity contribution in [2.45, 2.75) is 195 Å². The van der Waals surface area contributed by atoms with E-state index in [0.717, 1.165) is 32.1 Å². The molecule has 9 atom stereocenters. The number of nitrogens with one attached hydrogen (secondary N) is 5. The van der Waals surface area contributed by atoms with Gasteiger partial charge in [0.1, 0.15) is 36.3 Å². The molecule has 334 valence electrons. The largest absolute Gasteiger partial charge is 0.465 e. The number of likely N-dealkylation sites (N-methyl/N-ethyl adjacent to an activating group) is 1. The van der Waals surface area contributed by atoms with Crippen LogP contribution in [0.2, 0.25) is 0 Å². The summed E-state index contributed by atoms with van der Waals surface area (Å²) in [6, 6.07) is -6.38. The molecular formula is C42H76N6O10. The Bertz CT molecular complexity index is 1350. The summed E-state index contributed by atoms with van der Waals surface area (Å²) in [7, 11) is 1.52. The van der Waals surface area contributed by atoms with Crippen molar-refractivity contribution >= 4 is 41.6 Å². The molecule has 0 aromatic rings. The number of cyclic esters (lactones) is 1. The Labute approximate surface area is 346 Å². The number of carbonyl (C=O) groups is 7. The minimum atomic E-state index is -1.54. The van der Waals surface area contributed by atoms with Gasteiger partial charge in [-0.2, -0.15) is 0 Å². The van der Waals surface area contributed by atoms with Crippen LogP contribution in [0.3, 0.4) is 0 Å². The topological polar surface area (TPSA) is 222 Å². The van der Waals surface area contributed by atoms with Crippen molar-refractivity contribution in [3.63, 3.8) is 0 Å². The lowest BCUT2D eigenvalue weighted by molar-refractivity contribution is -0.160. The van der Waals surface area contributed by atoms with E-state index >= 15 is 0 Å². The van der Waals surface area contributed by atoms with Crippen LogP contribution in [-0.4, -0.2) is 113 Å². The fourth-order valence-corrected chi connectivity index (χ4v) is 6.91. The molecule has 16 heteroatoms. The van der Waals surface area contributed by atoms with Gasteiger partial charge < -0.3 is 46.1 Å². The number of hydrogen-bond acceptors (Lipinski definition) is 9. The Morgan fingerprint density at radius 3 is 1.90 bits per heavy atom. The standard InChI is InChI=1S/C42H76N6O10/c1-13-15-16-17-18-19-20-21-22-32-27(6)39(53)48(12)31(23-25(3)4)36(50)46-33(26(5)14-2)37(51)45-30(24-43-41(55)56)35(49)47-34(29(8)58-42(9,10)11)38(52)44-28(7)40(54)57-32/h25-34,43H,13-24H2,1-12H3,(H,44,52)(H,45,51)(H,46,50)(H,47,49)(H,55,56)/t26?,27-,28+,29?,30+,31+,32-,33+,34+/m1/s1. The summed E-state index contributed by atoms with van der Waals surface area (Å²) in [5.74, 6) is -5.66. The van der Waals surface area contributed by atoms with E-state index in [0.29, 0.717) is 19.3 Å². The second kappa shape index (κ2) is 25.5. The lowest BCUT2D eigenvalue weighted by atomic mass is 9.94. The van der Waals surface area contributed by atoms with E-state index in [1.807, 2.05) is 20.8 Å². The van der Waals surface area contributed by atoms with Crippen molar-refractivity contribution < 1.29 is 48.1 Å². The van der Waals surface area contributed by atoms with Gasteiger partial charge in [0.15, 0.2) is 0 Å². The summed E-state index contributed by atoms with van der Waals surface area (Å²) in [5, 5.41) is 22.1. The molecule has 0 spiro atoms. The van der Waals surface area contributed by atoms with Gasteiger partial charge in [0.2, 0.25) is 29.5 Å². The summed E-state index contributed by atoms with van der Waals surface area (Å²) in [6.45, 7) is 18.9. The average Bonchev–Trinajstić information content (AvgIpc) is 3.14. The first-order valence-electron chi connectivity index (χ1n) is 21.4. The molecule has 16 nitrogen and oxygen atoms in total. The fraction of sp³-hybridized carbons (Fsp3) is 0.833. The molecule has 1 aliphatic rings. The normalized spacial score (nSPS) is 25.9. The first-order chi connectivity index (χ1) is 27.0. The quantitative estimate of drug-likeness (QED) is 0.0895. The number of esters is 1. The van der Waals surface area contributed by atoms with Crippen LogP contribution < -0.4 is 26.6 Å². The lowest BCUT2D eigenvalue weighted by Gasteiger charge is -2.34. The number of rotatable bonds is 17. The Kier molecular flexibility index (Phi) is 22.9. The molecule has 1 rings (SSSR count). The second-order valence-corrected chi connectivity index (χ2v) is 17.4. The van der Waals surface area contributed by atoms with Gasteiger partial charge in [-0.25, -0.2) is 9.59 Å². The van der Waals surface area contributed by atoms with Gasteiger partial charge in [0.25, 0.3) is 0 Å². The molecule has 1 saturated heterocycles. The number of amides is 6. The van der Waals surface area contributed by atoms with Crippen molar-refractivity contribution in [3.05, 3.63) is 0 Å². The molecule has 0 aromatic carbocycles. The lowest BCUT2D eigenvalue weighted by Crippen LogP contribution is -2.63. The molecule has 1 fully saturated rings. The van der Waals surface area contributed by atoms with Crippen LogP contribution in [0.1, 0.15) is 147 Å². The van der Waals surface area contributed by atoms with Gasteiger partial charge >= 0.3 is 12.1 Å². The number of carbonyl (C=O) groups excluding carboxylic acids is 6. The highest BCUT2D eigenvalue weighted by molar-refractivity contribution is 5.97. The summed E-state index contributed by atoms with van der Waals surface area (Å²) in [6.07, 6.45) is 6.06. The molecule has 0 radical (unpaired) electrons. The SMILES string of the molecule is CCCCCCCCCC[C@H]1OC(=O)[C@H](C)NC(=O)[C@H](C(C)OC(C)(C)C)NC(=O)[C@H](CNC(=O)O)NC(=O)[C@H](C(C)CC)NC(=O)[C@H](CC(C)C)N(C)C(=O)[C@@H]1C. The van der Waals surface area contributed by atoms with E-state index in [2.05, 4.69) is 33.5 Å². The molecule has 0 saturated carbocycles. The third kappa shape index (κ3) is 18.3. The van der Waals surface area contributed by atoms with E-state index in [4.69, 9.17) is 9.47 Å². The predicted octanol–water partition coefficient (Wildman–Crippen LogP) is 4.43. The van der Waals surface area contributed by atoms with Gasteiger partial charge in [-0.3, -0.25) is 24.0 Å². The van der Waals surface area contributed by atoms with Crippen LogP contribution in [0.25, 0.3) is 0 Å². The van der Waals surface area contributed by atoms with Crippen molar-refractivity contribution in [3.8, 4) is 0 Å². The number of unbranched alkanes of at least 4 members (excludes halogenated alkanes) is 7. The Morgan fingerprint density at radius 1 is 0.810 bits per heavy atom. The third-order valence-corrected chi connectivity index (χ3v) is 10.6. The molecule has 1 heterocycles. The highest BCUT2D eigenvalue weighted by Crippen LogP contribution is 2.23. The summed E-state index contributed by atoms with van der Waals surface area (Å²) < 4.78 is 12.1. The van der Waals surface area contributed by atoms with E-state index in [-0.39, 0.29) is 12.3 Å². The molecule has 58 heavy (non-hydrogen) atoms. The maximum absolute atomic E-state index is 14.3. The molecule has 2 unspecified atom stereocenters. The Balaban J connectivity index is 3.80. The van der Waals surface area contributed by atoms with Gasteiger partial charge in [-0.05, 0) is 65.7 Å². The monoisotopic (exact) mass is 825 g/mol. The van der Waals surface area contributed by atoms with Gasteiger partial charge in [0.05, 0.1) is 24.2 Å². The molecule has 0 aliphatic carbocycles. The summed E-state index contributed by atoms with van der Waals surface area (Å²) in [4.78, 5) is 96.9. The zero-order chi connectivity index (χ0) is 44.3. The Morgan fingerprint density at radius 2 is 1.36 bits per heavy atom. The molecule has 0 aromatic heterocycles. The van der Waals surface area contributed by atoms with Crippen molar-refractivity contribution in [1.29, 1.82) is 0 Å². The van der Waals surface area contributed by atoms with Gasteiger partial charge in [0, 0.05) is 7.05 Å². The minimum Gasteiger partial charge on any atom is -0.465 e. The number of ether oxygens (including phenoxy) is 2. The maximum atomic E-state index is 14.3. The zero-order valence-corrected chi connectivity index (χ0v) is 37.3. The number of hydrogen-bond donors (Lipinski definition) is 6. The first-order valence-corrected chi connectivity index (χ1v) is 21.4. The fourth-order valence-electron chi connectivity index (χ4n) is 6.91. The van der Waals surface area contributed by atoms with Crippen LogP contribution in [0, 0.1) is 17.8 Å². The van der Waals surface area contributed by atoms with E-state index in [1.165, 1.54) is 31.7 Å². The molecule has 6 amide bonds.